The highest BCUT2D eigenvalue weighted by molar-refractivity contribution is 7.12. The van der Waals surface area contributed by atoms with Crippen LogP contribution in [0.3, 0.4) is 0 Å². The maximum Gasteiger partial charge on any atom is 0.263 e. The van der Waals surface area contributed by atoms with Crippen molar-refractivity contribution in [2.45, 2.75) is 33.1 Å². The van der Waals surface area contributed by atoms with E-state index in [9.17, 15) is 4.79 Å². The maximum atomic E-state index is 12.1. The smallest absolute Gasteiger partial charge is 0.263 e. The second-order valence-electron chi connectivity index (χ2n) is 4.93. The van der Waals surface area contributed by atoms with Gasteiger partial charge in [0.25, 0.3) is 5.91 Å². The zero-order valence-corrected chi connectivity index (χ0v) is 10.8. The third-order valence-electron chi connectivity index (χ3n) is 3.84. The molecule has 16 heavy (non-hydrogen) atoms. The van der Waals surface area contributed by atoms with Gasteiger partial charge in [-0.05, 0) is 29.7 Å². The fraction of sp³-hybridized carbons (Fsp3) is 0.615. The van der Waals surface area contributed by atoms with Gasteiger partial charge in [0.15, 0.2) is 0 Å². The molecule has 0 unspecified atom stereocenters. The molecule has 88 valence electrons. The van der Waals surface area contributed by atoms with E-state index in [0.717, 1.165) is 30.8 Å². The fourth-order valence-electron chi connectivity index (χ4n) is 2.16. The number of carbonyl (C=O) groups is 1. The zero-order chi connectivity index (χ0) is 11.6. The minimum atomic E-state index is 0.216. The molecule has 1 aromatic rings. The molecule has 0 aromatic carbocycles. The molecule has 0 atom stereocenters. The first-order valence-electron chi connectivity index (χ1n) is 5.97. The van der Waals surface area contributed by atoms with Gasteiger partial charge < -0.3 is 4.90 Å². The lowest BCUT2D eigenvalue weighted by molar-refractivity contribution is 0.0605. The van der Waals surface area contributed by atoms with E-state index in [1.807, 2.05) is 22.4 Å². The Morgan fingerprint density at radius 2 is 2.19 bits per heavy atom. The first-order valence-corrected chi connectivity index (χ1v) is 6.85. The van der Waals surface area contributed by atoms with Crippen LogP contribution in [0.15, 0.2) is 17.5 Å². The van der Waals surface area contributed by atoms with Gasteiger partial charge >= 0.3 is 0 Å². The standard InChI is InChI=1S/C13H19NOS/c1-3-13(2)6-8-14(9-7-13)12(15)11-5-4-10-16-11/h4-5,10H,3,6-9H2,1-2H3. The highest BCUT2D eigenvalue weighted by atomic mass is 32.1. The number of hydrogen-bond donors (Lipinski definition) is 0. The third kappa shape index (κ3) is 2.29. The number of hydrogen-bond acceptors (Lipinski definition) is 2. The molecule has 2 nitrogen and oxygen atoms in total. The van der Waals surface area contributed by atoms with Crippen molar-refractivity contribution in [1.82, 2.24) is 4.90 Å². The molecule has 0 spiro atoms. The van der Waals surface area contributed by atoms with Gasteiger partial charge in [0.05, 0.1) is 4.88 Å². The van der Waals surface area contributed by atoms with Crippen LogP contribution in [-0.2, 0) is 0 Å². The number of likely N-dealkylation sites (tertiary alicyclic amines) is 1. The Balaban J connectivity index is 1.97. The number of rotatable bonds is 2. The molecule has 1 aromatic heterocycles. The summed E-state index contributed by atoms with van der Waals surface area (Å²) in [6.45, 7) is 6.42. The largest absolute Gasteiger partial charge is 0.338 e. The molecule has 0 bridgehead atoms. The summed E-state index contributed by atoms with van der Waals surface area (Å²) in [7, 11) is 0. The summed E-state index contributed by atoms with van der Waals surface area (Å²) >= 11 is 1.54. The Morgan fingerprint density at radius 1 is 1.50 bits per heavy atom. The van der Waals surface area contributed by atoms with E-state index in [-0.39, 0.29) is 5.91 Å². The van der Waals surface area contributed by atoms with E-state index < -0.39 is 0 Å². The van der Waals surface area contributed by atoms with E-state index in [4.69, 9.17) is 0 Å². The molecule has 2 heterocycles. The SMILES string of the molecule is CCC1(C)CCN(C(=O)c2cccs2)CC1. The lowest BCUT2D eigenvalue weighted by atomic mass is 9.78. The summed E-state index contributed by atoms with van der Waals surface area (Å²) < 4.78 is 0. The normalized spacial score (nSPS) is 19.8. The first-order chi connectivity index (χ1) is 7.64. The van der Waals surface area contributed by atoms with Crippen molar-refractivity contribution in [2.75, 3.05) is 13.1 Å². The van der Waals surface area contributed by atoms with Crippen LogP contribution >= 0.6 is 11.3 Å². The molecule has 0 radical (unpaired) electrons. The Kier molecular flexibility index (Phi) is 3.33. The Hall–Kier alpha value is -0.830. The molecule has 0 N–H and O–H groups in total. The van der Waals surface area contributed by atoms with Crippen molar-refractivity contribution in [3.05, 3.63) is 22.4 Å². The number of amides is 1. The van der Waals surface area contributed by atoms with E-state index in [0.29, 0.717) is 5.41 Å². The number of nitrogens with zero attached hydrogens (tertiary/aromatic N) is 1. The highest BCUT2D eigenvalue weighted by Crippen LogP contribution is 2.34. The summed E-state index contributed by atoms with van der Waals surface area (Å²) in [6.07, 6.45) is 3.50. The third-order valence-corrected chi connectivity index (χ3v) is 4.70. The minimum Gasteiger partial charge on any atom is -0.338 e. The second-order valence-corrected chi connectivity index (χ2v) is 5.88. The van der Waals surface area contributed by atoms with Gasteiger partial charge in [0.2, 0.25) is 0 Å². The zero-order valence-electron chi connectivity index (χ0n) is 10.0. The molecule has 1 aliphatic heterocycles. The van der Waals surface area contributed by atoms with Gasteiger partial charge in [-0.1, -0.05) is 26.3 Å². The fourth-order valence-corrected chi connectivity index (χ4v) is 2.85. The Bertz CT molecular complexity index is 350. The summed E-state index contributed by atoms with van der Waals surface area (Å²) in [5, 5.41) is 1.97. The van der Waals surface area contributed by atoms with Gasteiger partial charge in [0, 0.05) is 13.1 Å². The molecule has 1 saturated heterocycles. The van der Waals surface area contributed by atoms with Crippen LogP contribution in [0.5, 0.6) is 0 Å². The van der Waals surface area contributed by atoms with Gasteiger partial charge in [-0.3, -0.25) is 4.79 Å². The molecular formula is C13H19NOS. The van der Waals surface area contributed by atoms with Crippen LogP contribution in [0.2, 0.25) is 0 Å². The summed E-state index contributed by atoms with van der Waals surface area (Å²) in [4.78, 5) is 15.0. The predicted octanol–water partition coefficient (Wildman–Crippen LogP) is 3.40. The monoisotopic (exact) mass is 237 g/mol. The summed E-state index contributed by atoms with van der Waals surface area (Å²) in [6, 6.07) is 3.86. The lowest BCUT2D eigenvalue weighted by Crippen LogP contribution is -2.41. The molecule has 0 aliphatic carbocycles. The second kappa shape index (κ2) is 4.58. The lowest BCUT2D eigenvalue weighted by Gasteiger charge is -2.38. The van der Waals surface area contributed by atoms with Crippen LogP contribution in [0.4, 0.5) is 0 Å². The number of thiophene rings is 1. The summed E-state index contributed by atoms with van der Waals surface area (Å²) in [5.74, 6) is 0.216. The van der Waals surface area contributed by atoms with Crippen molar-refractivity contribution in [2.24, 2.45) is 5.41 Å². The van der Waals surface area contributed by atoms with Crippen molar-refractivity contribution in [1.29, 1.82) is 0 Å². The van der Waals surface area contributed by atoms with E-state index >= 15 is 0 Å². The van der Waals surface area contributed by atoms with E-state index in [1.54, 1.807) is 0 Å². The maximum absolute atomic E-state index is 12.1. The van der Waals surface area contributed by atoms with Crippen molar-refractivity contribution >= 4 is 17.2 Å². The molecule has 1 aliphatic rings. The molecule has 1 fully saturated rings. The average Bonchev–Trinajstić information content (AvgIpc) is 2.83. The Morgan fingerprint density at radius 3 is 2.69 bits per heavy atom. The highest BCUT2D eigenvalue weighted by Gasteiger charge is 2.30. The van der Waals surface area contributed by atoms with Crippen LogP contribution in [0, 0.1) is 5.41 Å². The summed E-state index contributed by atoms with van der Waals surface area (Å²) in [5.41, 5.74) is 0.451. The number of carbonyl (C=O) groups excluding carboxylic acids is 1. The van der Waals surface area contributed by atoms with E-state index in [1.165, 1.54) is 17.8 Å². The topological polar surface area (TPSA) is 20.3 Å². The first kappa shape index (κ1) is 11.6. The predicted molar refractivity (Wildman–Crippen MR) is 67.9 cm³/mol. The van der Waals surface area contributed by atoms with Gasteiger partial charge in [-0.25, -0.2) is 0 Å². The van der Waals surface area contributed by atoms with Crippen molar-refractivity contribution < 1.29 is 4.79 Å². The molecule has 3 heteroatoms. The van der Waals surface area contributed by atoms with Crippen LogP contribution in [0.25, 0.3) is 0 Å². The molecular weight excluding hydrogens is 218 g/mol. The quantitative estimate of drug-likeness (QED) is 0.772. The molecule has 1 amide bonds. The van der Waals surface area contributed by atoms with Gasteiger partial charge in [-0.2, -0.15) is 0 Å². The average molecular weight is 237 g/mol. The minimum absolute atomic E-state index is 0.216. The van der Waals surface area contributed by atoms with Crippen molar-refractivity contribution in [3.8, 4) is 0 Å². The molecule has 0 saturated carbocycles. The van der Waals surface area contributed by atoms with Gasteiger partial charge in [0.1, 0.15) is 0 Å². The van der Waals surface area contributed by atoms with Crippen molar-refractivity contribution in [3.63, 3.8) is 0 Å². The van der Waals surface area contributed by atoms with Crippen LogP contribution in [0.1, 0.15) is 42.8 Å². The molecule has 2 rings (SSSR count). The number of piperidine rings is 1. The van der Waals surface area contributed by atoms with Crippen LogP contribution < -0.4 is 0 Å². The van der Waals surface area contributed by atoms with Crippen LogP contribution in [-0.4, -0.2) is 23.9 Å². The van der Waals surface area contributed by atoms with E-state index in [2.05, 4.69) is 13.8 Å². The van der Waals surface area contributed by atoms with Gasteiger partial charge in [-0.15, -0.1) is 11.3 Å². The Labute approximate surface area is 101 Å².